The van der Waals surface area contributed by atoms with E-state index in [1.54, 1.807) is 13.2 Å². The molecule has 0 aliphatic heterocycles. The van der Waals surface area contributed by atoms with Gasteiger partial charge in [-0.3, -0.25) is 0 Å². The molecule has 2 aromatic rings. The van der Waals surface area contributed by atoms with E-state index in [-0.39, 0.29) is 0 Å². The van der Waals surface area contributed by atoms with Gasteiger partial charge in [0.2, 0.25) is 0 Å². The van der Waals surface area contributed by atoms with Gasteiger partial charge in [-0.1, -0.05) is 27.5 Å². The summed E-state index contributed by atoms with van der Waals surface area (Å²) < 4.78 is 6.02. The second kappa shape index (κ2) is 6.92. The fraction of sp³-hybridized carbons (Fsp3) is 0.0714. The molecule has 0 saturated carbocycles. The quantitative estimate of drug-likeness (QED) is 0.750. The molecule has 0 saturated heterocycles. The zero-order chi connectivity index (χ0) is 14.5. The monoisotopic (exact) mass is 370 g/mol. The average molecular weight is 372 g/mol. The summed E-state index contributed by atoms with van der Waals surface area (Å²) in [6.07, 6.45) is 0. The van der Waals surface area contributed by atoms with Crippen LogP contribution in [0.5, 0.6) is 5.75 Å². The Kier molecular flexibility index (Phi) is 5.23. The summed E-state index contributed by atoms with van der Waals surface area (Å²) in [6.45, 7) is 0. The third kappa shape index (κ3) is 4.10. The van der Waals surface area contributed by atoms with Gasteiger partial charge < -0.3 is 15.4 Å². The second-order valence-electron chi connectivity index (χ2n) is 3.93. The fourth-order valence-corrected chi connectivity index (χ4v) is 2.50. The predicted octanol–water partition coefficient (Wildman–Crippen LogP) is 4.92. The van der Waals surface area contributed by atoms with E-state index in [9.17, 15) is 0 Å². The minimum absolute atomic E-state index is 0.472. The van der Waals surface area contributed by atoms with Crippen molar-refractivity contribution < 1.29 is 4.74 Å². The second-order valence-corrected chi connectivity index (χ2v) is 5.66. The van der Waals surface area contributed by atoms with Crippen LogP contribution in [0, 0.1) is 0 Å². The van der Waals surface area contributed by atoms with Crippen LogP contribution in [0.25, 0.3) is 0 Å². The molecule has 0 aliphatic rings. The molecule has 2 N–H and O–H groups in total. The molecule has 0 amide bonds. The molecule has 104 valence electrons. The lowest BCUT2D eigenvalue weighted by atomic mass is 10.3. The standard InChI is InChI=1S/C14H12BrClN2OS/c1-19-11-5-3-10(4-6-11)17-14(20)18-13-7-2-9(15)8-12(13)16/h2-8H,1H3,(H2,17,18,20). The van der Waals surface area contributed by atoms with Crippen molar-refractivity contribution in [3.8, 4) is 5.75 Å². The summed E-state index contributed by atoms with van der Waals surface area (Å²) >= 11 is 14.7. The Morgan fingerprint density at radius 1 is 1.15 bits per heavy atom. The largest absolute Gasteiger partial charge is 0.497 e. The lowest BCUT2D eigenvalue weighted by Crippen LogP contribution is -2.19. The third-order valence-corrected chi connectivity index (χ3v) is 3.54. The molecule has 0 spiro atoms. The zero-order valence-corrected chi connectivity index (χ0v) is 13.8. The Hall–Kier alpha value is -1.30. The molecule has 0 aromatic heterocycles. The van der Waals surface area contributed by atoms with E-state index in [0.29, 0.717) is 10.1 Å². The number of benzene rings is 2. The highest BCUT2D eigenvalue weighted by atomic mass is 79.9. The summed E-state index contributed by atoms with van der Waals surface area (Å²) in [5, 5.41) is 7.20. The first kappa shape index (κ1) is 15.1. The number of hydrogen-bond acceptors (Lipinski definition) is 2. The smallest absolute Gasteiger partial charge is 0.175 e. The normalized spacial score (nSPS) is 9.95. The van der Waals surface area contributed by atoms with E-state index in [1.165, 1.54) is 0 Å². The molecule has 0 heterocycles. The van der Waals surface area contributed by atoms with Gasteiger partial charge in [0.25, 0.3) is 0 Å². The lowest BCUT2D eigenvalue weighted by molar-refractivity contribution is 0.415. The summed E-state index contributed by atoms with van der Waals surface area (Å²) in [5.41, 5.74) is 1.62. The Bertz CT molecular complexity index is 619. The molecule has 0 unspecified atom stereocenters. The highest BCUT2D eigenvalue weighted by Gasteiger charge is 2.04. The lowest BCUT2D eigenvalue weighted by Gasteiger charge is -2.12. The van der Waals surface area contributed by atoms with Crippen LogP contribution in [0.15, 0.2) is 46.9 Å². The van der Waals surface area contributed by atoms with Crippen LogP contribution in [0.4, 0.5) is 11.4 Å². The number of thiocarbonyl (C=S) groups is 1. The van der Waals surface area contributed by atoms with Gasteiger partial charge in [0.05, 0.1) is 17.8 Å². The van der Waals surface area contributed by atoms with Crippen LogP contribution < -0.4 is 15.4 Å². The maximum absolute atomic E-state index is 6.12. The number of hydrogen-bond donors (Lipinski definition) is 2. The van der Waals surface area contributed by atoms with E-state index >= 15 is 0 Å². The molecule has 0 bridgehead atoms. The fourth-order valence-electron chi connectivity index (χ4n) is 1.55. The van der Waals surface area contributed by atoms with Crippen molar-refractivity contribution >= 4 is 56.2 Å². The van der Waals surface area contributed by atoms with Gasteiger partial charge in [-0.15, -0.1) is 0 Å². The Balaban J connectivity index is 2.01. The summed E-state index contributed by atoms with van der Waals surface area (Å²) in [4.78, 5) is 0. The van der Waals surface area contributed by atoms with Crippen molar-refractivity contribution in [3.05, 3.63) is 52.0 Å². The summed E-state index contributed by atoms with van der Waals surface area (Å²) in [6, 6.07) is 13.0. The molecular weight excluding hydrogens is 360 g/mol. The van der Waals surface area contributed by atoms with Crippen molar-refractivity contribution in [2.45, 2.75) is 0 Å². The van der Waals surface area contributed by atoms with Crippen LogP contribution in [0.1, 0.15) is 0 Å². The van der Waals surface area contributed by atoms with E-state index in [1.807, 2.05) is 36.4 Å². The highest BCUT2D eigenvalue weighted by molar-refractivity contribution is 9.10. The number of ether oxygens (including phenoxy) is 1. The molecule has 0 radical (unpaired) electrons. The first-order valence-corrected chi connectivity index (χ1v) is 7.33. The number of anilines is 2. The highest BCUT2D eigenvalue weighted by Crippen LogP contribution is 2.25. The van der Waals surface area contributed by atoms with Crippen molar-refractivity contribution in [3.63, 3.8) is 0 Å². The van der Waals surface area contributed by atoms with E-state index in [2.05, 4.69) is 26.6 Å². The predicted molar refractivity (Wildman–Crippen MR) is 92.0 cm³/mol. The Labute approximate surface area is 136 Å². The van der Waals surface area contributed by atoms with Crippen molar-refractivity contribution in [2.24, 2.45) is 0 Å². The van der Waals surface area contributed by atoms with Crippen LogP contribution in [0.2, 0.25) is 5.02 Å². The van der Waals surface area contributed by atoms with Crippen LogP contribution in [-0.4, -0.2) is 12.2 Å². The van der Waals surface area contributed by atoms with E-state index in [4.69, 9.17) is 28.6 Å². The van der Waals surface area contributed by atoms with Crippen LogP contribution in [0.3, 0.4) is 0 Å². The van der Waals surface area contributed by atoms with Crippen molar-refractivity contribution in [2.75, 3.05) is 17.7 Å². The first-order valence-electron chi connectivity index (χ1n) is 5.75. The Morgan fingerprint density at radius 2 is 1.85 bits per heavy atom. The van der Waals surface area contributed by atoms with Gasteiger partial charge >= 0.3 is 0 Å². The SMILES string of the molecule is COc1ccc(NC(=S)Nc2ccc(Br)cc2Cl)cc1. The minimum atomic E-state index is 0.472. The number of halogens is 2. The van der Waals surface area contributed by atoms with Gasteiger partial charge in [0.1, 0.15) is 5.75 Å². The van der Waals surface area contributed by atoms with Crippen molar-refractivity contribution in [1.82, 2.24) is 0 Å². The van der Waals surface area contributed by atoms with Gasteiger partial charge in [0, 0.05) is 10.2 Å². The van der Waals surface area contributed by atoms with E-state index in [0.717, 1.165) is 21.6 Å². The Morgan fingerprint density at radius 3 is 2.45 bits per heavy atom. The molecule has 0 aliphatic carbocycles. The molecule has 2 aromatic carbocycles. The number of methoxy groups -OCH3 is 1. The minimum Gasteiger partial charge on any atom is -0.497 e. The van der Waals surface area contributed by atoms with Gasteiger partial charge in [-0.2, -0.15) is 0 Å². The maximum Gasteiger partial charge on any atom is 0.175 e. The topological polar surface area (TPSA) is 33.3 Å². The molecule has 2 rings (SSSR count). The summed E-state index contributed by atoms with van der Waals surface area (Å²) in [7, 11) is 1.63. The molecule has 0 fully saturated rings. The van der Waals surface area contributed by atoms with Crippen LogP contribution >= 0.6 is 39.7 Å². The first-order chi connectivity index (χ1) is 9.58. The van der Waals surface area contributed by atoms with Gasteiger partial charge in [-0.25, -0.2) is 0 Å². The number of rotatable bonds is 3. The van der Waals surface area contributed by atoms with Crippen molar-refractivity contribution in [1.29, 1.82) is 0 Å². The van der Waals surface area contributed by atoms with E-state index < -0.39 is 0 Å². The zero-order valence-electron chi connectivity index (χ0n) is 10.6. The molecule has 6 heteroatoms. The molecular formula is C14H12BrClN2OS. The number of nitrogens with one attached hydrogen (secondary N) is 2. The maximum atomic E-state index is 6.12. The molecule has 0 atom stereocenters. The van der Waals surface area contributed by atoms with Crippen LogP contribution in [-0.2, 0) is 0 Å². The third-order valence-electron chi connectivity index (χ3n) is 2.53. The molecule has 20 heavy (non-hydrogen) atoms. The van der Waals surface area contributed by atoms with Gasteiger partial charge in [-0.05, 0) is 54.7 Å². The molecule has 3 nitrogen and oxygen atoms in total. The van der Waals surface area contributed by atoms with Gasteiger partial charge in [0.15, 0.2) is 5.11 Å². The average Bonchev–Trinajstić information content (AvgIpc) is 2.43. The summed E-state index contributed by atoms with van der Waals surface area (Å²) in [5.74, 6) is 0.797.